The van der Waals surface area contributed by atoms with Crippen molar-refractivity contribution in [3.63, 3.8) is 0 Å². The molecule has 0 radical (unpaired) electrons. The number of likely N-dealkylation sites (tertiary alicyclic amines) is 1. The Labute approximate surface area is 106 Å². The van der Waals surface area contributed by atoms with E-state index in [4.69, 9.17) is 15.7 Å². The fourth-order valence-corrected chi connectivity index (χ4v) is 1.97. The van der Waals surface area contributed by atoms with Crippen LogP contribution < -0.4 is 10.5 Å². The summed E-state index contributed by atoms with van der Waals surface area (Å²) in [6.45, 7) is 3.82. The fourth-order valence-electron chi connectivity index (χ4n) is 1.97. The van der Waals surface area contributed by atoms with Gasteiger partial charge in [-0.05, 0) is 32.0 Å². The van der Waals surface area contributed by atoms with E-state index in [-0.39, 0.29) is 5.84 Å². The van der Waals surface area contributed by atoms with E-state index in [0.717, 1.165) is 19.6 Å². The van der Waals surface area contributed by atoms with E-state index >= 15 is 0 Å². The molecule has 1 aromatic rings. The molecule has 0 aromatic carbocycles. The number of hydrogen-bond acceptors (Lipinski definition) is 5. The van der Waals surface area contributed by atoms with E-state index in [9.17, 15) is 0 Å². The molecule has 2 heterocycles. The van der Waals surface area contributed by atoms with Crippen LogP contribution in [0.1, 0.15) is 18.5 Å². The van der Waals surface area contributed by atoms with Crippen LogP contribution in [0.4, 0.5) is 0 Å². The van der Waals surface area contributed by atoms with E-state index in [0.29, 0.717) is 18.2 Å². The molecule has 0 unspecified atom stereocenters. The Morgan fingerprint density at radius 2 is 2.22 bits per heavy atom. The van der Waals surface area contributed by atoms with E-state index in [1.165, 1.54) is 12.8 Å². The van der Waals surface area contributed by atoms with Gasteiger partial charge in [0.15, 0.2) is 5.84 Å². The summed E-state index contributed by atoms with van der Waals surface area (Å²) in [5, 5.41) is 11.5. The van der Waals surface area contributed by atoms with Gasteiger partial charge in [-0.25, -0.2) is 4.98 Å². The lowest BCUT2D eigenvalue weighted by atomic mass is 10.3. The van der Waals surface area contributed by atoms with Gasteiger partial charge >= 0.3 is 0 Å². The predicted octanol–water partition coefficient (Wildman–Crippen LogP) is 0.651. The zero-order valence-corrected chi connectivity index (χ0v) is 10.2. The fraction of sp³-hybridized carbons (Fsp3) is 0.500. The molecule has 0 bridgehead atoms. The first-order valence-electron chi connectivity index (χ1n) is 6.09. The standard InChI is InChI=1S/C12H18N4O2/c13-12(15-17)10-4-3-5-11(14-10)18-9-8-16-6-1-2-7-16/h3-5,17H,1-2,6-9H2,(H2,13,15). The molecule has 6 heteroatoms. The third-order valence-electron chi connectivity index (χ3n) is 2.95. The van der Waals surface area contributed by atoms with Crippen molar-refractivity contribution in [3.8, 4) is 5.88 Å². The van der Waals surface area contributed by atoms with Gasteiger partial charge in [0.05, 0.1) is 0 Å². The molecular formula is C12H18N4O2. The summed E-state index contributed by atoms with van der Waals surface area (Å²) in [6.07, 6.45) is 2.55. The van der Waals surface area contributed by atoms with Crippen LogP contribution >= 0.6 is 0 Å². The Morgan fingerprint density at radius 1 is 1.44 bits per heavy atom. The number of nitrogens with two attached hydrogens (primary N) is 1. The molecular weight excluding hydrogens is 232 g/mol. The Kier molecular flexibility index (Phi) is 4.35. The molecule has 2 rings (SSSR count). The van der Waals surface area contributed by atoms with Crippen LogP contribution in [-0.4, -0.2) is 47.2 Å². The lowest BCUT2D eigenvalue weighted by molar-refractivity contribution is 0.232. The van der Waals surface area contributed by atoms with Gasteiger partial charge in [0.25, 0.3) is 0 Å². The third-order valence-corrected chi connectivity index (χ3v) is 2.95. The molecule has 1 fully saturated rings. The van der Waals surface area contributed by atoms with Crippen molar-refractivity contribution < 1.29 is 9.94 Å². The van der Waals surface area contributed by atoms with E-state index in [1.807, 2.05) is 0 Å². The van der Waals surface area contributed by atoms with Crippen LogP contribution in [-0.2, 0) is 0 Å². The first kappa shape index (κ1) is 12.6. The highest BCUT2D eigenvalue weighted by Crippen LogP contribution is 2.09. The van der Waals surface area contributed by atoms with E-state index in [1.54, 1.807) is 18.2 Å². The normalized spacial score (nSPS) is 17.0. The molecule has 1 aliphatic rings. The van der Waals surface area contributed by atoms with Crippen molar-refractivity contribution in [2.45, 2.75) is 12.8 Å². The van der Waals surface area contributed by atoms with Crippen molar-refractivity contribution in [2.75, 3.05) is 26.2 Å². The maximum absolute atomic E-state index is 8.57. The lowest BCUT2D eigenvalue weighted by Crippen LogP contribution is -2.25. The lowest BCUT2D eigenvalue weighted by Gasteiger charge is -2.14. The maximum atomic E-state index is 8.57. The molecule has 0 spiro atoms. The molecule has 1 aliphatic heterocycles. The molecule has 18 heavy (non-hydrogen) atoms. The number of ether oxygens (including phenoxy) is 1. The number of oxime groups is 1. The second-order valence-corrected chi connectivity index (χ2v) is 4.24. The largest absolute Gasteiger partial charge is 0.476 e. The van der Waals surface area contributed by atoms with Crippen LogP contribution in [0, 0.1) is 0 Å². The molecule has 1 aromatic heterocycles. The number of aromatic nitrogens is 1. The molecule has 3 N–H and O–H groups in total. The average molecular weight is 250 g/mol. The van der Waals surface area contributed by atoms with Gasteiger partial charge in [-0.15, -0.1) is 0 Å². The monoisotopic (exact) mass is 250 g/mol. The molecule has 0 saturated carbocycles. The highest BCUT2D eigenvalue weighted by atomic mass is 16.5. The molecule has 6 nitrogen and oxygen atoms in total. The summed E-state index contributed by atoms with van der Waals surface area (Å²) in [6, 6.07) is 5.20. The maximum Gasteiger partial charge on any atom is 0.213 e. The van der Waals surface area contributed by atoms with E-state index in [2.05, 4.69) is 15.0 Å². The number of nitrogens with zero attached hydrogens (tertiary/aromatic N) is 3. The van der Waals surface area contributed by atoms with Crippen molar-refractivity contribution in [1.29, 1.82) is 0 Å². The average Bonchev–Trinajstić information content (AvgIpc) is 2.91. The number of pyridine rings is 1. The summed E-state index contributed by atoms with van der Waals surface area (Å²) in [4.78, 5) is 6.52. The smallest absolute Gasteiger partial charge is 0.213 e. The van der Waals surface area contributed by atoms with E-state index < -0.39 is 0 Å². The van der Waals surface area contributed by atoms with Gasteiger partial charge in [0.1, 0.15) is 12.3 Å². The SMILES string of the molecule is NC(=NO)c1cccc(OCCN2CCCC2)n1. The van der Waals surface area contributed by atoms with Crippen LogP contribution in [0.2, 0.25) is 0 Å². The highest BCUT2D eigenvalue weighted by molar-refractivity contribution is 5.95. The number of hydrogen-bond donors (Lipinski definition) is 2. The van der Waals surface area contributed by atoms with Gasteiger partial charge in [-0.1, -0.05) is 11.2 Å². The second-order valence-electron chi connectivity index (χ2n) is 4.24. The zero-order chi connectivity index (χ0) is 12.8. The van der Waals surface area contributed by atoms with Crippen LogP contribution in [0.15, 0.2) is 23.4 Å². The van der Waals surface area contributed by atoms with Crippen LogP contribution in [0.5, 0.6) is 5.88 Å². The Hall–Kier alpha value is -1.82. The van der Waals surface area contributed by atoms with Gasteiger partial charge in [-0.2, -0.15) is 0 Å². The molecule has 1 saturated heterocycles. The van der Waals surface area contributed by atoms with Gasteiger partial charge in [-0.3, -0.25) is 4.90 Å². The summed E-state index contributed by atoms with van der Waals surface area (Å²) in [5.41, 5.74) is 5.88. The molecule has 0 aliphatic carbocycles. The van der Waals surface area contributed by atoms with Crippen molar-refractivity contribution in [1.82, 2.24) is 9.88 Å². The minimum Gasteiger partial charge on any atom is -0.476 e. The van der Waals surface area contributed by atoms with Gasteiger partial charge in [0, 0.05) is 12.6 Å². The third kappa shape index (κ3) is 3.33. The second kappa shape index (κ2) is 6.20. The quantitative estimate of drug-likeness (QED) is 0.347. The molecule has 0 atom stereocenters. The van der Waals surface area contributed by atoms with Gasteiger partial charge in [0.2, 0.25) is 5.88 Å². The predicted molar refractivity (Wildman–Crippen MR) is 67.9 cm³/mol. The first-order chi connectivity index (χ1) is 8.79. The molecule has 98 valence electrons. The first-order valence-corrected chi connectivity index (χ1v) is 6.09. The van der Waals surface area contributed by atoms with Crippen LogP contribution in [0.3, 0.4) is 0 Å². The Morgan fingerprint density at radius 3 is 2.94 bits per heavy atom. The minimum absolute atomic E-state index is 0.0139. The summed E-state index contributed by atoms with van der Waals surface area (Å²) in [5.74, 6) is 0.485. The number of rotatable bonds is 5. The Balaban J connectivity index is 1.85. The van der Waals surface area contributed by atoms with Crippen LogP contribution in [0.25, 0.3) is 0 Å². The Bertz CT molecular complexity index is 416. The topological polar surface area (TPSA) is 84.0 Å². The van der Waals surface area contributed by atoms with Crippen molar-refractivity contribution >= 4 is 5.84 Å². The van der Waals surface area contributed by atoms with Crippen molar-refractivity contribution in [2.24, 2.45) is 10.9 Å². The summed E-state index contributed by atoms with van der Waals surface area (Å²) < 4.78 is 5.56. The zero-order valence-electron chi connectivity index (χ0n) is 10.2. The number of amidine groups is 1. The summed E-state index contributed by atoms with van der Waals surface area (Å²) in [7, 11) is 0. The molecule has 0 amide bonds. The highest BCUT2D eigenvalue weighted by Gasteiger charge is 2.11. The minimum atomic E-state index is -0.0139. The summed E-state index contributed by atoms with van der Waals surface area (Å²) >= 11 is 0. The van der Waals surface area contributed by atoms with Crippen molar-refractivity contribution in [3.05, 3.63) is 23.9 Å². The van der Waals surface area contributed by atoms with Gasteiger partial charge < -0.3 is 15.7 Å².